The Morgan fingerprint density at radius 2 is 1.85 bits per heavy atom. The molecule has 2 amide bonds. The molecule has 0 aliphatic carbocycles. The van der Waals surface area contributed by atoms with Gasteiger partial charge in [-0.05, 0) is 49.3 Å². The number of carbonyl (C=O) groups excluding carboxylic acids is 1. The SMILES string of the molecule is CCNC(=O)OCCC(C)(C)CN(C[C@@H](O)[C@H](Cc1ccccc1)N(C(=O)O)[C@H]1CO[C@H]2OCC[C@H]21)S(=O)(=O)c1ccc2c(c1)OCO2. The number of hydrogen-bond acceptors (Lipinski definition) is 10. The second kappa shape index (κ2) is 15.3. The Morgan fingerprint density at radius 1 is 1.10 bits per heavy atom. The van der Waals surface area contributed by atoms with Gasteiger partial charge in [0.15, 0.2) is 17.8 Å². The van der Waals surface area contributed by atoms with Crippen molar-refractivity contribution in [1.82, 2.24) is 14.5 Å². The molecule has 3 aliphatic rings. The molecule has 3 heterocycles. The van der Waals surface area contributed by atoms with Crippen LogP contribution in [0.5, 0.6) is 11.5 Å². The Kier molecular flexibility index (Phi) is 11.4. The lowest BCUT2D eigenvalue weighted by Gasteiger charge is -2.40. The predicted octanol–water partition coefficient (Wildman–Crippen LogP) is 3.28. The summed E-state index contributed by atoms with van der Waals surface area (Å²) in [6.07, 6.45) is -2.76. The van der Waals surface area contributed by atoms with Gasteiger partial charge in [-0.1, -0.05) is 44.2 Å². The first kappa shape index (κ1) is 35.7. The van der Waals surface area contributed by atoms with Gasteiger partial charge < -0.3 is 39.2 Å². The zero-order chi connectivity index (χ0) is 34.5. The third kappa shape index (κ3) is 8.32. The van der Waals surface area contributed by atoms with E-state index >= 15 is 0 Å². The number of hydrogen-bond donors (Lipinski definition) is 3. The van der Waals surface area contributed by atoms with Gasteiger partial charge in [-0.15, -0.1) is 0 Å². The summed E-state index contributed by atoms with van der Waals surface area (Å²) in [4.78, 5) is 26.0. The molecule has 0 aromatic heterocycles. The third-order valence-corrected chi connectivity index (χ3v) is 10.8. The first-order valence-corrected chi connectivity index (χ1v) is 17.6. The average Bonchev–Trinajstić information content (AvgIpc) is 3.79. The minimum Gasteiger partial charge on any atom is -0.465 e. The molecule has 2 saturated heterocycles. The molecule has 2 aromatic rings. The second-order valence-electron chi connectivity index (χ2n) is 13.0. The summed E-state index contributed by atoms with van der Waals surface area (Å²) in [5.74, 6) is 0.472. The molecule has 48 heavy (non-hydrogen) atoms. The highest BCUT2D eigenvalue weighted by Gasteiger charge is 2.49. The van der Waals surface area contributed by atoms with Crippen molar-refractivity contribution in [1.29, 1.82) is 0 Å². The Labute approximate surface area is 280 Å². The van der Waals surface area contributed by atoms with E-state index in [4.69, 9.17) is 23.7 Å². The zero-order valence-corrected chi connectivity index (χ0v) is 28.3. The molecule has 3 N–H and O–H groups in total. The molecule has 264 valence electrons. The van der Waals surface area contributed by atoms with Crippen molar-refractivity contribution in [2.24, 2.45) is 11.3 Å². The lowest BCUT2D eigenvalue weighted by Crippen LogP contribution is -2.58. The van der Waals surface area contributed by atoms with Crippen molar-refractivity contribution >= 4 is 22.2 Å². The molecule has 0 bridgehead atoms. The van der Waals surface area contributed by atoms with Crippen molar-refractivity contribution in [3.05, 3.63) is 54.1 Å². The van der Waals surface area contributed by atoms with E-state index in [2.05, 4.69) is 5.32 Å². The van der Waals surface area contributed by atoms with Crippen molar-refractivity contribution < 1.29 is 51.9 Å². The number of aliphatic hydroxyl groups excluding tert-OH is 1. The van der Waals surface area contributed by atoms with Crippen LogP contribution in [0, 0.1) is 11.3 Å². The number of nitrogens with one attached hydrogen (secondary N) is 1. The number of aliphatic hydroxyl groups is 1. The summed E-state index contributed by atoms with van der Waals surface area (Å²) in [5, 5.41) is 25.2. The third-order valence-electron chi connectivity index (χ3n) is 8.99. The number of carbonyl (C=O) groups is 2. The van der Waals surface area contributed by atoms with Crippen molar-refractivity contribution in [2.45, 2.75) is 69.4 Å². The van der Waals surface area contributed by atoms with Crippen LogP contribution in [0.1, 0.15) is 39.2 Å². The minimum atomic E-state index is -4.28. The van der Waals surface area contributed by atoms with Crippen LogP contribution in [0.3, 0.4) is 0 Å². The Hall–Kier alpha value is -3.63. The fourth-order valence-electron chi connectivity index (χ4n) is 6.47. The van der Waals surface area contributed by atoms with E-state index in [-0.39, 0.29) is 49.5 Å². The van der Waals surface area contributed by atoms with Crippen LogP contribution in [0.15, 0.2) is 53.4 Å². The molecule has 0 saturated carbocycles. The molecular formula is C33H45N3O11S. The number of nitrogens with zero attached hydrogens (tertiary/aromatic N) is 2. The van der Waals surface area contributed by atoms with E-state index in [9.17, 15) is 28.2 Å². The maximum absolute atomic E-state index is 14.4. The number of carboxylic acid groups (broad SMARTS) is 1. The van der Waals surface area contributed by atoms with E-state index in [0.717, 1.165) is 5.56 Å². The summed E-state index contributed by atoms with van der Waals surface area (Å²) in [7, 11) is -4.28. The quantitative estimate of drug-likeness (QED) is 0.250. The number of rotatable bonds is 15. The number of benzene rings is 2. The summed E-state index contributed by atoms with van der Waals surface area (Å²) < 4.78 is 57.4. The van der Waals surface area contributed by atoms with Crippen molar-refractivity contribution in [2.75, 3.05) is 46.2 Å². The monoisotopic (exact) mass is 691 g/mol. The van der Waals surface area contributed by atoms with Crippen LogP contribution in [-0.2, 0) is 30.7 Å². The number of ether oxygens (including phenoxy) is 5. The fraction of sp³-hybridized carbons (Fsp3) is 0.576. The van der Waals surface area contributed by atoms with Gasteiger partial charge in [0, 0.05) is 31.6 Å². The van der Waals surface area contributed by atoms with Crippen LogP contribution in [0.25, 0.3) is 0 Å². The molecule has 5 atom stereocenters. The van der Waals surface area contributed by atoms with Gasteiger partial charge in [-0.3, -0.25) is 4.90 Å². The zero-order valence-electron chi connectivity index (χ0n) is 27.4. The lowest BCUT2D eigenvalue weighted by molar-refractivity contribution is -0.0906. The van der Waals surface area contributed by atoms with Crippen LogP contribution >= 0.6 is 0 Å². The summed E-state index contributed by atoms with van der Waals surface area (Å²) in [6, 6.07) is 11.8. The second-order valence-corrected chi connectivity index (χ2v) is 14.9. The number of alkyl carbamates (subject to hydrolysis) is 1. The number of fused-ring (bicyclic) bond motifs is 2. The molecular weight excluding hydrogens is 646 g/mol. The molecule has 2 aromatic carbocycles. The topological polar surface area (TPSA) is 173 Å². The first-order chi connectivity index (χ1) is 22.9. The highest BCUT2D eigenvalue weighted by atomic mass is 32.2. The minimum absolute atomic E-state index is 0.0367. The number of sulfonamides is 1. The van der Waals surface area contributed by atoms with Crippen LogP contribution in [0.4, 0.5) is 9.59 Å². The summed E-state index contributed by atoms with van der Waals surface area (Å²) in [6.45, 7) is 5.88. The Balaban J connectivity index is 1.46. The molecule has 0 spiro atoms. The van der Waals surface area contributed by atoms with E-state index in [1.807, 2.05) is 44.2 Å². The maximum Gasteiger partial charge on any atom is 0.407 e. The van der Waals surface area contributed by atoms with Crippen LogP contribution < -0.4 is 14.8 Å². The molecule has 14 nitrogen and oxygen atoms in total. The molecule has 5 rings (SSSR count). The first-order valence-electron chi connectivity index (χ1n) is 16.2. The average molecular weight is 692 g/mol. The standard InChI is InChI=1S/C33H45N3O11S/c1-4-34-31(38)44-15-13-33(2,3)20-35(48(41,42)23-10-11-28-29(17-23)47-21-46-28)18-27(37)25(16-22-8-6-5-7-9-22)36(32(39)40)26-19-45-30-24(26)12-14-43-30/h5-11,17,24-27,30,37H,4,12-16,18-21H2,1-3H3,(H,34,38)(H,39,40)/t24-,25-,26-,27+,30+/m0/s1. The van der Waals surface area contributed by atoms with Crippen LogP contribution in [0.2, 0.25) is 0 Å². The van der Waals surface area contributed by atoms with Gasteiger partial charge in [0.1, 0.15) is 0 Å². The van der Waals surface area contributed by atoms with Crippen molar-refractivity contribution in [3.63, 3.8) is 0 Å². The highest BCUT2D eigenvalue weighted by Crippen LogP contribution is 2.38. The predicted molar refractivity (Wildman–Crippen MR) is 172 cm³/mol. The Morgan fingerprint density at radius 3 is 2.58 bits per heavy atom. The normalized spacial score (nSPS) is 21.5. The van der Waals surface area contributed by atoms with Gasteiger partial charge in [0.05, 0.1) is 42.9 Å². The highest BCUT2D eigenvalue weighted by molar-refractivity contribution is 7.89. The van der Waals surface area contributed by atoms with Gasteiger partial charge in [0.25, 0.3) is 0 Å². The number of amides is 2. The maximum atomic E-state index is 14.4. The van der Waals surface area contributed by atoms with E-state index in [1.54, 1.807) is 6.92 Å². The van der Waals surface area contributed by atoms with Crippen LogP contribution in [-0.4, -0.2) is 111 Å². The molecule has 0 radical (unpaired) electrons. The Bertz CT molecular complexity index is 1520. The van der Waals surface area contributed by atoms with Crippen molar-refractivity contribution in [3.8, 4) is 11.5 Å². The smallest absolute Gasteiger partial charge is 0.407 e. The summed E-state index contributed by atoms with van der Waals surface area (Å²) >= 11 is 0. The van der Waals surface area contributed by atoms with Gasteiger partial charge in [-0.25, -0.2) is 18.0 Å². The molecule has 0 unspecified atom stereocenters. The summed E-state index contributed by atoms with van der Waals surface area (Å²) in [5.41, 5.74) is 0.0454. The molecule has 15 heteroatoms. The van der Waals surface area contributed by atoms with Gasteiger partial charge in [-0.2, -0.15) is 4.31 Å². The lowest BCUT2D eigenvalue weighted by atomic mass is 9.89. The molecule has 2 fully saturated rings. The van der Waals surface area contributed by atoms with E-state index in [0.29, 0.717) is 31.7 Å². The van der Waals surface area contributed by atoms with Gasteiger partial charge >= 0.3 is 12.2 Å². The molecule has 3 aliphatic heterocycles. The fourth-order valence-corrected chi connectivity index (χ4v) is 8.13. The van der Waals surface area contributed by atoms with E-state index < -0.39 is 58.6 Å². The van der Waals surface area contributed by atoms with Gasteiger partial charge in [0.2, 0.25) is 16.8 Å². The van der Waals surface area contributed by atoms with E-state index in [1.165, 1.54) is 27.4 Å². The largest absolute Gasteiger partial charge is 0.465 e.